The summed E-state index contributed by atoms with van der Waals surface area (Å²) >= 11 is 0. The highest BCUT2D eigenvalue weighted by molar-refractivity contribution is 7.47. The molecule has 76 heavy (non-hydrogen) atoms. The average molecular weight is 1090 g/mol. The smallest absolute Gasteiger partial charge is 0.462 e. The van der Waals surface area contributed by atoms with Crippen molar-refractivity contribution in [2.75, 3.05) is 26.4 Å². The van der Waals surface area contributed by atoms with Crippen LogP contribution in [0.2, 0.25) is 0 Å². The summed E-state index contributed by atoms with van der Waals surface area (Å²) < 4.78 is 39.6. The number of esters is 3. The van der Waals surface area contributed by atoms with Crippen LogP contribution in [0.5, 0.6) is 0 Å². The third-order valence-electron chi connectivity index (χ3n) is 13.1. The lowest BCUT2D eigenvalue weighted by Crippen LogP contribution is -2.30. The summed E-state index contributed by atoms with van der Waals surface area (Å²) in [6.45, 7) is 4.50. The topological polar surface area (TPSA) is 155 Å². The van der Waals surface area contributed by atoms with Crippen molar-refractivity contribution in [1.29, 1.82) is 0 Å². The van der Waals surface area contributed by atoms with Gasteiger partial charge in [-0.15, -0.1) is 0 Å². The van der Waals surface area contributed by atoms with Crippen molar-refractivity contribution in [2.24, 2.45) is 0 Å². The molecule has 3 atom stereocenters. The quantitative estimate of drug-likeness (QED) is 0.0197. The van der Waals surface area contributed by atoms with E-state index >= 15 is 0 Å². The second-order valence-corrected chi connectivity index (χ2v) is 21.9. The molecule has 0 rings (SSSR count). The minimum absolute atomic E-state index is 0.153. The van der Waals surface area contributed by atoms with Crippen LogP contribution in [0.15, 0.2) is 72.9 Å². The molecule has 0 aromatic rings. The Labute approximate surface area is 465 Å². The number of unbranched alkanes of at least 4 members (excludes halogenated alkanes) is 28. The molecule has 0 heterocycles. The van der Waals surface area contributed by atoms with Gasteiger partial charge in [0.05, 0.1) is 19.8 Å². The maximum Gasteiger partial charge on any atom is 0.472 e. The molecule has 0 aromatic carbocycles. The van der Waals surface area contributed by atoms with Crippen molar-refractivity contribution in [1.82, 2.24) is 0 Å². The summed E-state index contributed by atoms with van der Waals surface area (Å²) in [5, 5.41) is 9.84. The number of aliphatic hydroxyl groups is 1. The lowest BCUT2D eigenvalue weighted by Gasteiger charge is -2.21. The molecule has 0 fully saturated rings. The number of aliphatic hydroxyl groups excluding tert-OH is 1. The molecule has 12 heteroatoms. The fourth-order valence-electron chi connectivity index (χ4n) is 8.40. The zero-order chi connectivity index (χ0) is 55.5. The van der Waals surface area contributed by atoms with Crippen molar-refractivity contribution in [2.45, 2.75) is 290 Å². The molecule has 0 aliphatic heterocycles. The summed E-state index contributed by atoms with van der Waals surface area (Å²) in [7, 11) is -4.76. The molecule has 0 aliphatic carbocycles. The second kappa shape index (κ2) is 58.1. The van der Waals surface area contributed by atoms with E-state index in [0.717, 1.165) is 135 Å². The number of phosphoric acid groups is 1. The second-order valence-electron chi connectivity index (χ2n) is 20.5. The van der Waals surface area contributed by atoms with Gasteiger partial charge in [-0.3, -0.25) is 23.4 Å². The van der Waals surface area contributed by atoms with E-state index in [1.54, 1.807) is 0 Å². The summed E-state index contributed by atoms with van der Waals surface area (Å²) in [6.07, 6.45) is 65.6. The van der Waals surface area contributed by atoms with Crippen molar-refractivity contribution in [3.63, 3.8) is 0 Å². The number of allylic oxidation sites excluding steroid dienone is 12. The molecule has 440 valence electrons. The van der Waals surface area contributed by atoms with Gasteiger partial charge in [0.1, 0.15) is 12.7 Å². The van der Waals surface area contributed by atoms with E-state index in [0.29, 0.717) is 19.3 Å². The van der Waals surface area contributed by atoms with Gasteiger partial charge >= 0.3 is 25.7 Å². The van der Waals surface area contributed by atoms with Gasteiger partial charge in [0.15, 0.2) is 6.10 Å². The normalized spacial score (nSPS) is 13.8. The SMILES string of the molecule is CC/C=C\C/C=C\C/C=C\CCCCCCCCCC(=O)OC(COC(=O)CCCCCCC/C=C\CCCCCCCC)COP(=O)(O)OCC(CO)OC(=O)CCCCCCCCC/C=C\C/C=C\CCCCC. The molecule has 0 spiro atoms. The first kappa shape index (κ1) is 72.9. The molecule has 3 unspecified atom stereocenters. The Morgan fingerprint density at radius 3 is 1.09 bits per heavy atom. The third kappa shape index (κ3) is 55.7. The van der Waals surface area contributed by atoms with E-state index < -0.39 is 57.8 Å². The van der Waals surface area contributed by atoms with Crippen LogP contribution in [0, 0.1) is 0 Å². The number of rotatable bonds is 57. The standard InChI is InChI=1S/C64H113O11P/c1-4-7-10-13-16-19-22-25-28-30-33-36-39-42-45-48-51-54-63(67)74-60(56-65)58-72-76(69,70)73-59-61(57-71-62(66)53-50-47-44-41-38-35-32-27-24-21-18-15-12-9-6-3)75-64(68)55-52-49-46-43-40-37-34-31-29-26-23-20-17-14-11-8-5-2/h8,11,16-17,19-20,25-29,32,60-61,65H,4-7,9-10,12-15,18,21-24,30-31,33-59H2,1-3H3,(H,69,70)/b11-8-,19-16-,20-17-,28-25-,29-26-,32-27-. The zero-order valence-corrected chi connectivity index (χ0v) is 49.6. The minimum Gasteiger partial charge on any atom is -0.462 e. The lowest BCUT2D eigenvalue weighted by atomic mass is 10.1. The first-order valence-corrected chi connectivity index (χ1v) is 32.3. The van der Waals surface area contributed by atoms with Crippen LogP contribution in [-0.2, 0) is 42.2 Å². The van der Waals surface area contributed by atoms with Crippen LogP contribution in [0.1, 0.15) is 278 Å². The molecule has 0 bridgehead atoms. The highest BCUT2D eigenvalue weighted by atomic mass is 31.2. The molecular weight excluding hydrogens is 976 g/mol. The van der Waals surface area contributed by atoms with Crippen LogP contribution in [0.25, 0.3) is 0 Å². The van der Waals surface area contributed by atoms with Crippen LogP contribution in [-0.4, -0.2) is 66.5 Å². The van der Waals surface area contributed by atoms with Gasteiger partial charge in [0.25, 0.3) is 0 Å². The molecule has 0 saturated carbocycles. The highest BCUT2D eigenvalue weighted by Crippen LogP contribution is 2.43. The van der Waals surface area contributed by atoms with Gasteiger partial charge in [-0.1, -0.05) is 222 Å². The van der Waals surface area contributed by atoms with Crippen LogP contribution < -0.4 is 0 Å². The van der Waals surface area contributed by atoms with E-state index in [1.165, 1.54) is 83.5 Å². The Kier molecular flexibility index (Phi) is 55.7. The molecular formula is C64H113O11P. The third-order valence-corrected chi connectivity index (χ3v) is 14.0. The van der Waals surface area contributed by atoms with Crippen LogP contribution >= 0.6 is 7.82 Å². The van der Waals surface area contributed by atoms with Gasteiger partial charge in [0.2, 0.25) is 0 Å². The number of carbonyl (C=O) groups is 3. The predicted octanol–water partition coefficient (Wildman–Crippen LogP) is 18.5. The van der Waals surface area contributed by atoms with E-state index in [2.05, 4.69) is 93.7 Å². The van der Waals surface area contributed by atoms with E-state index in [-0.39, 0.29) is 25.9 Å². The molecule has 0 amide bonds. The fourth-order valence-corrected chi connectivity index (χ4v) is 9.18. The van der Waals surface area contributed by atoms with E-state index in [4.69, 9.17) is 23.3 Å². The van der Waals surface area contributed by atoms with Gasteiger partial charge in [-0.2, -0.15) is 0 Å². The molecule has 2 N–H and O–H groups in total. The Hall–Kier alpha value is -3.08. The number of phosphoric ester groups is 1. The van der Waals surface area contributed by atoms with E-state index in [1.807, 2.05) is 0 Å². The Balaban J connectivity index is 4.72. The van der Waals surface area contributed by atoms with Crippen LogP contribution in [0.3, 0.4) is 0 Å². The number of hydrogen-bond acceptors (Lipinski definition) is 10. The van der Waals surface area contributed by atoms with Crippen LogP contribution in [0.4, 0.5) is 0 Å². The predicted molar refractivity (Wildman–Crippen MR) is 316 cm³/mol. The maximum atomic E-state index is 12.9. The first-order chi connectivity index (χ1) is 37.2. The minimum atomic E-state index is -4.76. The summed E-state index contributed by atoms with van der Waals surface area (Å²) in [6, 6.07) is 0. The summed E-state index contributed by atoms with van der Waals surface area (Å²) in [5.41, 5.74) is 0. The van der Waals surface area contributed by atoms with Gasteiger partial charge in [-0.05, 0) is 109 Å². The van der Waals surface area contributed by atoms with Crippen molar-refractivity contribution < 1.29 is 52.2 Å². The molecule has 0 radical (unpaired) electrons. The number of ether oxygens (including phenoxy) is 3. The monoisotopic (exact) mass is 1090 g/mol. The average Bonchev–Trinajstić information content (AvgIpc) is 3.41. The van der Waals surface area contributed by atoms with Gasteiger partial charge < -0.3 is 24.2 Å². The fraction of sp³-hybridized carbons (Fsp3) is 0.766. The summed E-state index contributed by atoms with van der Waals surface area (Å²) in [4.78, 5) is 48.7. The molecule has 0 aliphatic rings. The number of hydrogen-bond donors (Lipinski definition) is 2. The molecule has 11 nitrogen and oxygen atoms in total. The number of carbonyl (C=O) groups excluding carboxylic acids is 3. The van der Waals surface area contributed by atoms with Crippen molar-refractivity contribution in [3.8, 4) is 0 Å². The molecule has 0 saturated heterocycles. The summed E-state index contributed by atoms with van der Waals surface area (Å²) in [5.74, 6) is -1.49. The van der Waals surface area contributed by atoms with E-state index in [9.17, 15) is 28.9 Å². The Bertz CT molecular complexity index is 1550. The van der Waals surface area contributed by atoms with Crippen molar-refractivity contribution >= 4 is 25.7 Å². The largest absolute Gasteiger partial charge is 0.472 e. The Morgan fingerprint density at radius 2 is 0.684 bits per heavy atom. The lowest BCUT2D eigenvalue weighted by molar-refractivity contribution is -0.161. The first-order valence-electron chi connectivity index (χ1n) is 30.8. The maximum absolute atomic E-state index is 12.9. The van der Waals surface area contributed by atoms with Gasteiger partial charge in [0, 0.05) is 19.3 Å². The van der Waals surface area contributed by atoms with Gasteiger partial charge in [-0.25, -0.2) is 4.57 Å². The van der Waals surface area contributed by atoms with Crippen molar-refractivity contribution in [3.05, 3.63) is 72.9 Å². The molecule has 0 aromatic heterocycles. The highest BCUT2D eigenvalue weighted by Gasteiger charge is 2.28. The zero-order valence-electron chi connectivity index (χ0n) is 48.7. The Morgan fingerprint density at radius 1 is 0.382 bits per heavy atom.